The minimum absolute atomic E-state index is 0.0426. The summed E-state index contributed by atoms with van der Waals surface area (Å²) < 4.78 is 7.22. The summed E-state index contributed by atoms with van der Waals surface area (Å²) >= 11 is 0. The molecule has 168 valence electrons. The van der Waals surface area contributed by atoms with Crippen LogP contribution in [0.5, 0.6) is 0 Å². The fourth-order valence-corrected chi connectivity index (χ4v) is 4.16. The zero-order valence-corrected chi connectivity index (χ0v) is 18.6. The molecule has 3 heterocycles. The zero-order chi connectivity index (χ0) is 22.6. The summed E-state index contributed by atoms with van der Waals surface area (Å²) in [5, 5.41) is 6.92. The monoisotopic (exact) mass is 435 g/mol. The standard InChI is InChI=1S/C24H29N5O3/c1-3-20-13-21(32-27-20)14-26-23(31)24(2)8-5-10-29(16-24)22(30)19-7-4-6-18(12-19)15-28-11-9-25-17-28/h4,6-7,9,11-13,17H,3,5,8,10,14-16H2,1-2H3,(H,26,31)/t24-/m1/s1. The molecular weight excluding hydrogens is 406 g/mol. The maximum absolute atomic E-state index is 13.2. The van der Waals surface area contributed by atoms with Gasteiger partial charge in [0.05, 0.1) is 24.0 Å². The Kier molecular flexibility index (Phi) is 6.39. The average Bonchev–Trinajstić information content (AvgIpc) is 3.49. The number of amides is 2. The van der Waals surface area contributed by atoms with Gasteiger partial charge >= 0.3 is 0 Å². The molecule has 0 saturated carbocycles. The van der Waals surface area contributed by atoms with Gasteiger partial charge in [-0.25, -0.2) is 4.98 Å². The van der Waals surface area contributed by atoms with E-state index >= 15 is 0 Å². The molecule has 0 bridgehead atoms. The van der Waals surface area contributed by atoms with Crippen LogP contribution in [0.4, 0.5) is 0 Å². The van der Waals surface area contributed by atoms with Gasteiger partial charge in [0.15, 0.2) is 5.76 Å². The van der Waals surface area contributed by atoms with E-state index in [0.717, 1.165) is 30.5 Å². The van der Waals surface area contributed by atoms with E-state index in [1.165, 1.54) is 0 Å². The van der Waals surface area contributed by atoms with Crippen LogP contribution in [-0.2, 0) is 24.3 Å². The molecule has 0 aliphatic carbocycles. The molecule has 1 N–H and O–H groups in total. The second-order valence-electron chi connectivity index (χ2n) is 8.65. The van der Waals surface area contributed by atoms with E-state index in [4.69, 9.17) is 4.52 Å². The third-order valence-electron chi connectivity index (χ3n) is 6.02. The summed E-state index contributed by atoms with van der Waals surface area (Å²) in [6, 6.07) is 9.51. The van der Waals surface area contributed by atoms with Crippen molar-refractivity contribution >= 4 is 11.8 Å². The molecule has 0 radical (unpaired) electrons. The number of hydrogen-bond donors (Lipinski definition) is 1. The van der Waals surface area contributed by atoms with Crippen molar-refractivity contribution < 1.29 is 14.1 Å². The highest BCUT2D eigenvalue weighted by Crippen LogP contribution is 2.31. The SMILES string of the molecule is CCc1cc(CNC(=O)[C@]2(C)CCCN(C(=O)c3cccc(Cn4ccnc4)c3)C2)on1. The first-order valence-electron chi connectivity index (χ1n) is 11.0. The molecule has 32 heavy (non-hydrogen) atoms. The summed E-state index contributed by atoms with van der Waals surface area (Å²) in [5.74, 6) is 0.523. The molecule has 1 saturated heterocycles. The topological polar surface area (TPSA) is 93.3 Å². The van der Waals surface area contributed by atoms with Crippen molar-refractivity contribution in [1.29, 1.82) is 0 Å². The minimum atomic E-state index is -0.643. The van der Waals surface area contributed by atoms with Gasteiger partial charge in [0.1, 0.15) is 0 Å². The van der Waals surface area contributed by atoms with Crippen LogP contribution < -0.4 is 5.32 Å². The maximum Gasteiger partial charge on any atom is 0.253 e. The van der Waals surface area contributed by atoms with Crippen molar-refractivity contribution in [3.8, 4) is 0 Å². The lowest BCUT2D eigenvalue weighted by Crippen LogP contribution is -2.51. The number of nitrogens with one attached hydrogen (secondary N) is 1. The predicted octanol–water partition coefficient (Wildman–Crippen LogP) is 3.04. The van der Waals surface area contributed by atoms with E-state index in [2.05, 4.69) is 15.5 Å². The molecule has 1 aromatic carbocycles. The van der Waals surface area contributed by atoms with Crippen LogP contribution in [0.1, 0.15) is 54.1 Å². The predicted molar refractivity (Wildman–Crippen MR) is 119 cm³/mol. The third-order valence-corrected chi connectivity index (χ3v) is 6.02. The Balaban J connectivity index is 1.40. The van der Waals surface area contributed by atoms with E-state index in [0.29, 0.717) is 37.5 Å². The number of rotatable bonds is 7. The Morgan fingerprint density at radius 1 is 1.28 bits per heavy atom. The van der Waals surface area contributed by atoms with Crippen LogP contribution in [0, 0.1) is 5.41 Å². The number of nitrogens with zero attached hydrogens (tertiary/aromatic N) is 4. The van der Waals surface area contributed by atoms with Crippen molar-refractivity contribution in [2.75, 3.05) is 13.1 Å². The highest BCUT2D eigenvalue weighted by atomic mass is 16.5. The van der Waals surface area contributed by atoms with Crippen molar-refractivity contribution in [2.45, 2.75) is 46.2 Å². The highest BCUT2D eigenvalue weighted by molar-refractivity contribution is 5.95. The lowest BCUT2D eigenvalue weighted by Gasteiger charge is -2.39. The molecule has 0 unspecified atom stereocenters. The number of benzene rings is 1. The molecule has 4 rings (SSSR count). The first kappa shape index (κ1) is 21.8. The quantitative estimate of drug-likeness (QED) is 0.616. The van der Waals surface area contributed by atoms with Crippen molar-refractivity contribution in [3.63, 3.8) is 0 Å². The Morgan fingerprint density at radius 2 is 2.16 bits per heavy atom. The molecule has 0 spiro atoms. The van der Waals surface area contributed by atoms with E-state index in [1.54, 1.807) is 17.4 Å². The van der Waals surface area contributed by atoms with Crippen LogP contribution in [0.25, 0.3) is 0 Å². The van der Waals surface area contributed by atoms with Gasteiger partial charge in [-0.05, 0) is 43.9 Å². The van der Waals surface area contributed by atoms with Crippen molar-refractivity contribution in [3.05, 3.63) is 71.6 Å². The van der Waals surface area contributed by atoms with Gasteiger partial charge in [0, 0.05) is 43.7 Å². The molecule has 1 fully saturated rings. The fraction of sp³-hybridized carbons (Fsp3) is 0.417. The molecule has 2 aromatic heterocycles. The Hall–Kier alpha value is -3.42. The van der Waals surface area contributed by atoms with Gasteiger partial charge in [-0.15, -0.1) is 0 Å². The summed E-state index contributed by atoms with van der Waals surface area (Å²) in [6.45, 7) is 5.92. The van der Waals surface area contributed by atoms with Crippen LogP contribution >= 0.6 is 0 Å². The maximum atomic E-state index is 13.2. The van der Waals surface area contributed by atoms with Crippen molar-refractivity contribution in [2.24, 2.45) is 5.41 Å². The summed E-state index contributed by atoms with van der Waals surface area (Å²) in [5.41, 5.74) is 1.90. The molecule has 2 amide bonds. The molecule has 3 aromatic rings. The van der Waals surface area contributed by atoms with Gasteiger partial charge in [0.2, 0.25) is 5.91 Å². The van der Waals surface area contributed by atoms with Gasteiger partial charge in [-0.3, -0.25) is 9.59 Å². The van der Waals surface area contributed by atoms with E-state index in [9.17, 15) is 9.59 Å². The number of aryl methyl sites for hydroxylation is 1. The Morgan fingerprint density at radius 3 is 2.91 bits per heavy atom. The van der Waals surface area contributed by atoms with E-state index in [-0.39, 0.29) is 11.8 Å². The number of carbonyl (C=O) groups excluding carboxylic acids is 2. The Labute approximate surface area is 187 Å². The van der Waals surface area contributed by atoms with E-state index < -0.39 is 5.41 Å². The normalized spacial score (nSPS) is 18.5. The van der Waals surface area contributed by atoms with Crippen LogP contribution in [-0.4, -0.2) is 44.5 Å². The summed E-state index contributed by atoms with van der Waals surface area (Å²) in [6.07, 6.45) is 7.69. The Bertz CT molecular complexity index is 1080. The number of imidazole rings is 1. The largest absolute Gasteiger partial charge is 0.359 e. The number of piperidine rings is 1. The number of carbonyl (C=O) groups is 2. The number of aromatic nitrogens is 3. The van der Waals surface area contributed by atoms with Crippen LogP contribution in [0.3, 0.4) is 0 Å². The summed E-state index contributed by atoms with van der Waals surface area (Å²) in [7, 11) is 0. The lowest BCUT2D eigenvalue weighted by molar-refractivity contribution is -0.132. The first-order valence-corrected chi connectivity index (χ1v) is 11.0. The molecule has 1 aliphatic rings. The van der Waals surface area contributed by atoms with Crippen LogP contribution in [0.2, 0.25) is 0 Å². The number of hydrogen-bond acceptors (Lipinski definition) is 5. The minimum Gasteiger partial charge on any atom is -0.359 e. The van der Waals surface area contributed by atoms with E-state index in [1.807, 2.05) is 54.9 Å². The average molecular weight is 436 g/mol. The number of likely N-dealkylation sites (tertiary alicyclic amines) is 1. The smallest absolute Gasteiger partial charge is 0.253 e. The summed E-state index contributed by atoms with van der Waals surface area (Å²) in [4.78, 5) is 32.1. The molecular formula is C24H29N5O3. The second-order valence-corrected chi connectivity index (χ2v) is 8.65. The molecule has 1 aliphatic heterocycles. The lowest BCUT2D eigenvalue weighted by atomic mass is 9.80. The highest BCUT2D eigenvalue weighted by Gasteiger charge is 2.39. The van der Waals surface area contributed by atoms with Gasteiger partial charge in [0.25, 0.3) is 5.91 Å². The van der Waals surface area contributed by atoms with Gasteiger partial charge < -0.3 is 19.3 Å². The zero-order valence-electron chi connectivity index (χ0n) is 18.6. The first-order chi connectivity index (χ1) is 15.5. The molecule has 8 heteroatoms. The molecule has 8 nitrogen and oxygen atoms in total. The fourth-order valence-electron chi connectivity index (χ4n) is 4.16. The van der Waals surface area contributed by atoms with Gasteiger partial charge in [-0.2, -0.15) is 0 Å². The third kappa shape index (κ3) is 4.90. The molecule has 1 atom stereocenters. The second kappa shape index (κ2) is 9.38. The van der Waals surface area contributed by atoms with Gasteiger partial charge in [-0.1, -0.05) is 24.2 Å². The van der Waals surface area contributed by atoms with Crippen molar-refractivity contribution in [1.82, 2.24) is 24.9 Å². The van der Waals surface area contributed by atoms with Crippen LogP contribution in [0.15, 0.2) is 53.6 Å².